The van der Waals surface area contributed by atoms with E-state index in [1.54, 1.807) is 0 Å². The van der Waals surface area contributed by atoms with Gasteiger partial charge in [-0.1, -0.05) is 106 Å². The monoisotopic (exact) mass is 340 g/mol. The van der Waals surface area contributed by atoms with Crippen molar-refractivity contribution in [3.8, 4) is 0 Å². The average molecular weight is 341 g/mol. The lowest BCUT2D eigenvalue weighted by Crippen LogP contribution is -1.88. The minimum Gasteiger partial charge on any atom is -0.0654 e. The molecule has 0 aliphatic carbocycles. The molecule has 0 aliphatic heterocycles. The van der Waals surface area contributed by atoms with Crippen molar-refractivity contribution in [1.82, 2.24) is 0 Å². The predicted molar refractivity (Wildman–Crippen MR) is 116 cm³/mol. The van der Waals surface area contributed by atoms with Crippen LogP contribution in [0, 0.1) is 0 Å². The molecule has 0 N–H and O–H groups in total. The van der Waals surface area contributed by atoms with Gasteiger partial charge >= 0.3 is 0 Å². The third kappa shape index (κ3) is 3.46. The summed E-state index contributed by atoms with van der Waals surface area (Å²) in [4.78, 5) is 0. The summed E-state index contributed by atoms with van der Waals surface area (Å²) in [6.45, 7) is 2.28. The lowest BCUT2D eigenvalue weighted by atomic mass is 9.95. The summed E-state index contributed by atoms with van der Waals surface area (Å²) in [5.41, 5.74) is 1.48. The van der Waals surface area contributed by atoms with Gasteiger partial charge in [0.05, 0.1) is 0 Å². The summed E-state index contributed by atoms with van der Waals surface area (Å²) in [7, 11) is 0. The molecule has 0 nitrogen and oxygen atoms in total. The first-order chi connectivity index (χ1) is 12.9. The maximum atomic E-state index is 2.40. The molecular formula is C26H28. The maximum Gasteiger partial charge on any atom is -0.00990 e. The summed E-state index contributed by atoms with van der Waals surface area (Å²) < 4.78 is 0. The Morgan fingerprint density at radius 1 is 0.538 bits per heavy atom. The van der Waals surface area contributed by atoms with Gasteiger partial charge in [0.15, 0.2) is 0 Å². The van der Waals surface area contributed by atoms with Crippen LogP contribution in [0.15, 0.2) is 66.7 Å². The number of fused-ring (bicyclic) bond motifs is 5. The van der Waals surface area contributed by atoms with E-state index in [1.165, 1.54) is 82.8 Å². The van der Waals surface area contributed by atoms with E-state index in [0.29, 0.717) is 0 Å². The van der Waals surface area contributed by atoms with Gasteiger partial charge in [-0.3, -0.25) is 0 Å². The van der Waals surface area contributed by atoms with E-state index in [9.17, 15) is 0 Å². The van der Waals surface area contributed by atoms with Gasteiger partial charge in [-0.25, -0.2) is 0 Å². The molecular weight excluding hydrogens is 312 g/mol. The van der Waals surface area contributed by atoms with Gasteiger partial charge in [0.25, 0.3) is 0 Å². The molecule has 0 aromatic heterocycles. The molecule has 0 radical (unpaired) electrons. The number of rotatable bonds is 7. The van der Waals surface area contributed by atoms with Crippen molar-refractivity contribution in [2.75, 3.05) is 0 Å². The Morgan fingerprint density at radius 3 is 2.04 bits per heavy atom. The molecule has 0 atom stereocenters. The Morgan fingerprint density at radius 2 is 1.19 bits per heavy atom. The Bertz CT molecular complexity index is 1030. The van der Waals surface area contributed by atoms with Crippen LogP contribution in [0.2, 0.25) is 0 Å². The zero-order chi connectivity index (χ0) is 17.8. The standard InChI is InChI=1S/C26H28/c1-2-3-4-5-6-7-10-20-13-16-24-22(19-20)15-18-25-23-12-9-8-11-21(23)14-17-26(24)25/h8-9,11-19H,2-7,10H2,1H3. The molecule has 0 heteroatoms. The van der Waals surface area contributed by atoms with Gasteiger partial charge in [0.2, 0.25) is 0 Å². The van der Waals surface area contributed by atoms with E-state index in [2.05, 4.69) is 73.7 Å². The molecule has 4 aromatic carbocycles. The number of hydrogen-bond acceptors (Lipinski definition) is 0. The van der Waals surface area contributed by atoms with E-state index in [-0.39, 0.29) is 0 Å². The van der Waals surface area contributed by atoms with Crippen molar-refractivity contribution >= 4 is 32.3 Å². The zero-order valence-electron chi connectivity index (χ0n) is 15.8. The maximum absolute atomic E-state index is 2.40. The van der Waals surface area contributed by atoms with Crippen LogP contribution in [0.1, 0.15) is 51.0 Å². The van der Waals surface area contributed by atoms with Gasteiger partial charge in [-0.15, -0.1) is 0 Å². The van der Waals surface area contributed by atoms with E-state index in [0.717, 1.165) is 0 Å². The highest BCUT2D eigenvalue weighted by Crippen LogP contribution is 2.31. The van der Waals surface area contributed by atoms with Gasteiger partial charge in [-0.05, 0) is 50.7 Å². The highest BCUT2D eigenvalue weighted by molar-refractivity contribution is 6.17. The van der Waals surface area contributed by atoms with Crippen molar-refractivity contribution in [3.05, 3.63) is 72.3 Å². The molecule has 0 amide bonds. The second kappa shape index (κ2) is 7.91. The van der Waals surface area contributed by atoms with Crippen LogP contribution in [0.5, 0.6) is 0 Å². The number of aryl methyl sites for hydroxylation is 1. The van der Waals surface area contributed by atoms with Crippen molar-refractivity contribution < 1.29 is 0 Å². The van der Waals surface area contributed by atoms with Crippen molar-refractivity contribution in [3.63, 3.8) is 0 Å². The Labute approximate surface area is 156 Å². The molecule has 4 aromatic rings. The molecule has 0 unspecified atom stereocenters. The fourth-order valence-corrected chi connectivity index (χ4v) is 4.14. The number of hydrogen-bond donors (Lipinski definition) is 0. The summed E-state index contributed by atoms with van der Waals surface area (Å²) in [5, 5.41) is 8.14. The summed E-state index contributed by atoms with van der Waals surface area (Å²) in [6.07, 6.45) is 9.38. The molecule has 0 saturated heterocycles. The minimum atomic E-state index is 1.21. The van der Waals surface area contributed by atoms with Crippen LogP contribution < -0.4 is 0 Å². The lowest BCUT2D eigenvalue weighted by Gasteiger charge is -2.09. The summed E-state index contributed by atoms with van der Waals surface area (Å²) >= 11 is 0. The molecule has 0 bridgehead atoms. The van der Waals surface area contributed by atoms with Crippen molar-refractivity contribution in [2.45, 2.75) is 51.9 Å². The molecule has 0 heterocycles. The smallest absolute Gasteiger partial charge is 0.00990 e. The van der Waals surface area contributed by atoms with E-state index in [4.69, 9.17) is 0 Å². The summed E-state index contributed by atoms with van der Waals surface area (Å²) in [5.74, 6) is 0. The first kappa shape index (κ1) is 17.1. The fourth-order valence-electron chi connectivity index (χ4n) is 4.14. The second-order valence-electron chi connectivity index (χ2n) is 7.52. The molecule has 0 aliphatic rings. The largest absolute Gasteiger partial charge is 0.0654 e. The van der Waals surface area contributed by atoms with Crippen LogP contribution in [0.4, 0.5) is 0 Å². The van der Waals surface area contributed by atoms with Gasteiger partial charge in [0.1, 0.15) is 0 Å². The quantitative estimate of drug-likeness (QED) is 0.236. The van der Waals surface area contributed by atoms with Crippen molar-refractivity contribution in [1.29, 1.82) is 0 Å². The first-order valence-electron chi connectivity index (χ1n) is 10.2. The third-order valence-electron chi connectivity index (χ3n) is 5.63. The van der Waals surface area contributed by atoms with Gasteiger partial charge in [0, 0.05) is 0 Å². The molecule has 0 saturated carbocycles. The van der Waals surface area contributed by atoms with E-state index < -0.39 is 0 Å². The molecule has 4 rings (SSSR count). The Kier molecular flexibility index (Phi) is 5.20. The highest BCUT2D eigenvalue weighted by Gasteiger charge is 2.05. The average Bonchev–Trinajstić information content (AvgIpc) is 2.70. The number of unbranched alkanes of at least 4 members (excludes halogenated alkanes) is 5. The molecule has 0 fully saturated rings. The van der Waals surface area contributed by atoms with Crippen LogP contribution in [-0.4, -0.2) is 0 Å². The number of benzene rings is 4. The molecule has 0 spiro atoms. The van der Waals surface area contributed by atoms with Crippen LogP contribution in [0.25, 0.3) is 32.3 Å². The van der Waals surface area contributed by atoms with E-state index in [1.807, 2.05) is 0 Å². The predicted octanol–water partition coefficient (Wildman–Crippen LogP) is 8.05. The Hall–Kier alpha value is -2.34. The fraction of sp³-hybridized carbons (Fsp3) is 0.308. The molecule has 132 valence electrons. The first-order valence-corrected chi connectivity index (χ1v) is 10.2. The molecule has 26 heavy (non-hydrogen) atoms. The van der Waals surface area contributed by atoms with Crippen LogP contribution >= 0.6 is 0 Å². The van der Waals surface area contributed by atoms with Crippen LogP contribution in [0.3, 0.4) is 0 Å². The Balaban J connectivity index is 1.59. The van der Waals surface area contributed by atoms with Crippen molar-refractivity contribution in [2.24, 2.45) is 0 Å². The zero-order valence-corrected chi connectivity index (χ0v) is 15.8. The summed E-state index contributed by atoms with van der Waals surface area (Å²) in [6, 6.07) is 24.9. The normalized spacial score (nSPS) is 11.6. The van der Waals surface area contributed by atoms with Gasteiger partial charge < -0.3 is 0 Å². The van der Waals surface area contributed by atoms with E-state index >= 15 is 0 Å². The minimum absolute atomic E-state index is 1.21. The lowest BCUT2D eigenvalue weighted by molar-refractivity contribution is 0.607. The highest BCUT2D eigenvalue weighted by atomic mass is 14.1. The van der Waals surface area contributed by atoms with Gasteiger partial charge in [-0.2, -0.15) is 0 Å². The topological polar surface area (TPSA) is 0 Å². The van der Waals surface area contributed by atoms with Crippen LogP contribution in [-0.2, 0) is 6.42 Å². The third-order valence-corrected chi connectivity index (χ3v) is 5.63. The second-order valence-corrected chi connectivity index (χ2v) is 7.52. The SMILES string of the molecule is CCCCCCCCc1ccc2c(ccc3c4ccccc4ccc23)c1.